The highest BCUT2D eigenvalue weighted by molar-refractivity contribution is 5.27. The average Bonchev–Trinajstić information content (AvgIpc) is 2.31. The lowest BCUT2D eigenvalue weighted by Crippen LogP contribution is -2.36. The normalized spacial score (nSPS) is 22.0. The van der Waals surface area contributed by atoms with Gasteiger partial charge in [-0.05, 0) is 46.0 Å². The highest BCUT2D eigenvalue weighted by Crippen LogP contribution is 2.13. The van der Waals surface area contributed by atoms with Crippen molar-refractivity contribution in [1.82, 2.24) is 10.2 Å². The molecule has 0 radical (unpaired) electrons. The molecule has 16 heavy (non-hydrogen) atoms. The Kier molecular flexibility index (Phi) is 8.91. The third kappa shape index (κ3) is 6.62. The van der Waals surface area contributed by atoms with E-state index in [0.717, 1.165) is 18.2 Å². The van der Waals surface area contributed by atoms with Gasteiger partial charge in [-0.2, -0.15) is 0 Å². The van der Waals surface area contributed by atoms with Crippen molar-refractivity contribution < 1.29 is 0 Å². The van der Waals surface area contributed by atoms with Crippen molar-refractivity contribution in [3.63, 3.8) is 0 Å². The summed E-state index contributed by atoms with van der Waals surface area (Å²) in [5, 5.41) is 3.30. The fraction of sp³-hybridized carbons (Fsp3) is 0.769. The van der Waals surface area contributed by atoms with Crippen LogP contribution in [0.5, 0.6) is 0 Å². The monoisotopic (exact) mass is 225 g/mol. The van der Waals surface area contributed by atoms with Crippen LogP contribution < -0.4 is 5.32 Å². The van der Waals surface area contributed by atoms with Crippen LogP contribution in [0, 0.1) is 5.92 Å². The summed E-state index contributed by atoms with van der Waals surface area (Å²) in [7, 11) is 2.19. The summed E-state index contributed by atoms with van der Waals surface area (Å²) < 4.78 is 0. The lowest BCUT2D eigenvalue weighted by Gasteiger charge is -2.29. The number of allylic oxidation sites excluding steroid dienone is 1. The van der Waals surface area contributed by atoms with Gasteiger partial charge in [-0.15, -0.1) is 0 Å². The van der Waals surface area contributed by atoms with Crippen molar-refractivity contribution in [3.8, 4) is 0 Å². The Morgan fingerprint density at radius 3 is 2.81 bits per heavy atom. The fourth-order valence-corrected chi connectivity index (χ4v) is 1.86. The van der Waals surface area contributed by atoms with Crippen LogP contribution in [0.2, 0.25) is 0 Å². The summed E-state index contributed by atoms with van der Waals surface area (Å²) in [6.45, 7) is 12.9. The Morgan fingerprint density at radius 1 is 1.56 bits per heavy atom. The molecule has 1 unspecified atom stereocenters. The highest BCUT2D eigenvalue weighted by atomic mass is 15.1. The average molecular weight is 225 g/mol. The number of nitrogens with one attached hydrogen (secondary N) is 1. The van der Waals surface area contributed by atoms with E-state index in [0.29, 0.717) is 0 Å². The first-order valence-electron chi connectivity index (χ1n) is 6.28. The van der Waals surface area contributed by atoms with E-state index in [1.165, 1.54) is 25.9 Å². The molecule has 1 saturated heterocycles. The lowest BCUT2D eigenvalue weighted by molar-refractivity contribution is 0.209. The predicted octanol–water partition coefficient (Wildman–Crippen LogP) is 2.51. The molecule has 0 aliphatic carbocycles. The molecule has 1 atom stereocenters. The third-order valence-corrected chi connectivity index (χ3v) is 2.69. The summed E-state index contributed by atoms with van der Waals surface area (Å²) in [5.41, 5.74) is 0.953. The van der Waals surface area contributed by atoms with E-state index in [2.05, 4.69) is 29.0 Å². The molecule has 0 aromatic rings. The quantitative estimate of drug-likeness (QED) is 0.744. The van der Waals surface area contributed by atoms with Gasteiger partial charge in [0.1, 0.15) is 0 Å². The minimum absolute atomic E-state index is 0.780. The van der Waals surface area contributed by atoms with Crippen LogP contribution in [0.4, 0.5) is 0 Å². The standard InChI is InChI=1S/C11H21N3.C2H6/c1-10(12-2)7-13-8-11-5-4-6-14(3)9-11;1-2/h7,11,13H,2,4-6,8-9H2,1,3H3;1-2H3/b10-7-;. The maximum atomic E-state index is 3.82. The van der Waals surface area contributed by atoms with E-state index in [1.54, 1.807) is 0 Å². The molecule has 0 bridgehead atoms. The summed E-state index contributed by atoms with van der Waals surface area (Å²) in [6.07, 6.45) is 4.61. The van der Waals surface area contributed by atoms with Crippen LogP contribution in [0.25, 0.3) is 0 Å². The molecule has 1 heterocycles. The second-order valence-electron chi connectivity index (χ2n) is 4.12. The third-order valence-electron chi connectivity index (χ3n) is 2.69. The smallest absolute Gasteiger partial charge is 0.0521 e. The molecule has 1 aliphatic rings. The Balaban J connectivity index is 0.00000106. The Labute approximate surface area is 101 Å². The zero-order valence-electron chi connectivity index (χ0n) is 11.3. The number of aliphatic imine (C=N–C) groups is 1. The second-order valence-corrected chi connectivity index (χ2v) is 4.12. The van der Waals surface area contributed by atoms with E-state index >= 15 is 0 Å². The maximum absolute atomic E-state index is 3.82. The molecule has 1 rings (SSSR count). The molecule has 0 aromatic carbocycles. The van der Waals surface area contributed by atoms with Gasteiger partial charge in [-0.1, -0.05) is 13.8 Å². The summed E-state index contributed by atoms with van der Waals surface area (Å²) in [6, 6.07) is 0. The van der Waals surface area contributed by atoms with Gasteiger partial charge in [0.15, 0.2) is 0 Å². The first-order chi connectivity index (χ1) is 7.72. The molecule has 1 N–H and O–H groups in total. The Hall–Kier alpha value is -0.830. The lowest BCUT2D eigenvalue weighted by atomic mass is 9.99. The van der Waals surface area contributed by atoms with Gasteiger partial charge in [-0.25, -0.2) is 0 Å². The molecule has 3 nitrogen and oxygen atoms in total. The molecular weight excluding hydrogens is 198 g/mol. The van der Waals surface area contributed by atoms with Crippen LogP contribution in [0.15, 0.2) is 16.9 Å². The summed E-state index contributed by atoms with van der Waals surface area (Å²) in [4.78, 5) is 6.23. The van der Waals surface area contributed by atoms with Crippen LogP contribution >= 0.6 is 0 Å². The molecule has 1 fully saturated rings. The minimum Gasteiger partial charge on any atom is -0.389 e. The van der Waals surface area contributed by atoms with E-state index < -0.39 is 0 Å². The second kappa shape index (κ2) is 9.40. The summed E-state index contributed by atoms with van der Waals surface area (Å²) in [5.74, 6) is 0.780. The Bertz CT molecular complexity index is 211. The SMILES string of the molecule is C=N/C(C)=C\NCC1CCCN(C)C1.CC. The van der Waals surface area contributed by atoms with Crippen molar-refractivity contribution in [2.45, 2.75) is 33.6 Å². The van der Waals surface area contributed by atoms with Crippen molar-refractivity contribution in [1.29, 1.82) is 0 Å². The van der Waals surface area contributed by atoms with Crippen LogP contribution in [-0.2, 0) is 0 Å². The fourth-order valence-electron chi connectivity index (χ4n) is 1.86. The van der Waals surface area contributed by atoms with E-state index in [1.807, 2.05) is 27.0 Å². The van der Waals surface area contributed by atoms with E-state index in [9.17, 15) is 0 Å². The van der Waals surface area contributed by atoms with Crippen LogP contribution in [0.3, 0.4) is 0 Å². The first-order valence-corrected chi connectivity index (χ1v) is 6.28. The van der Waals surface area contributed by atoms with Crippen molar-refractivity contribution in [2.75, 3.05) is 26.7 Å². The first kappa shape index (κ1) is 15.2. The molecule has 3 heteroatoms. The number of piperidine rings is 1. The largest absolute Gasteiger partial charge is 0.389 e. The van der Waals surface area contributed by atoms with E-state index in [4.69, 9.17) is 0 Å². The number of likely N-dealkylation sites (tertiary alicyclic amines) is 1. The van der Waals surface area contributed by atoms with Gasteiger partial charge in [0.05, 0.1) is 5.70 Å². The predicted molar refractivity (Wildman–Crippen MR) is 72.9 cm³/mol. The van der Waals surface area contributed by atoms with Gasteiger partial charge in [0.2, 0.25) is 0 Å². The zero-order valence-corrected chi connectivity index (χ0v) is 11.3. The highest BCUT2D eigenvalue weighted by Gasteiger charge is 2.15. The van der Waals surface area contributed by atoms with Gasteiger partial charge in [0, 0.05) is 19.3 Å². The molecule has 0 amide bonds. The van der Waals surface area contributed by atoms with Gasteiger partial charge < -0.3 is 10.2 Å². The van der Waals surface area contributed by atoms with Gasteiger partial charge in [-0.3, -0.25) is 4.99 Å². The van der Waals surface area contributed by atoms with Crippen LogP contribution in [0.1, 0.15) is 33.6 Å². The minimum atomic E-state index is 0.780. The summed E-state index contributed by atoms with van der Waals surface area (Å²) >= 11 is 0. The van der Waals surface area contributed by atoms with Gasteiger partial charge >= 0.3 is 0 Å². The van der Waals surface area contributed by atoms with Crippen molar-refractivity contribution >= 4 is 6.72 Å². The van der Waals surface area contributed by atoms with Crippen molar-refractivity contribution in [2.24, 2.45) is 10.9 Å². The maximum Gasteiger partial charge on any atom is 0.0521 e. The van der Waals surface area contributed by atoms with Crippen LogP contribution in [-0.4, -0.2) is 38.3 Å². The molecule has 1 aliphatic heterocycles. The zero-order chi connectivity index (χ0) is 12.4. The number of hydrogen-bond acceptors (Lipinski definition) is 3. The molecule has 94 valence electrons. The van der Waals surface area contributed by atoms with Gasteiger partial charge in [0.25, 0.3) is 0 Å². The number of nitrogens with zero attached hydrogens (tertiary/aromatic N) is 2. The molecule has 0 saturated carbocycles. The number of rotatable bonds is 4. The van der Waals surface area contributed by atoms with E-state index in [-0.39, 0.29) is 0 Å². The molecule has 0 spiro atoms. The molecule has 0 aromatic heterocycles. The Morgan fingerprint density at radius 2 is 2.25 bits per heavy atom. The topological polar surface area (TPSA) is 27.6 Å². The van der Waals surface area contributed by atoms with Crippen molar-refractivity contribution in [3.05, 3.63) is 11.9 Å². The number of hydrogen-bond donors (Lipinski definition) is 1. The molecular formula is C13H27N3.